The molecule has 0 heterocycles. The van der Waals surface area contributed by atoms with Crippen molar-refractivity contribution < 1.29 is 13.2 Å². The fourth-order valence-electron chi connectivity index (χ4n) is 2.16. The van der Waals surface area contributed by atoms with Crippen LogP contribution in [0.5, 0.6) is 0 Å². The molecule has 2 aromatic rings. The fourth-order valence-corrected chi connectivity index (χ4v) is 3.32. The molecule has 0 spiro atoms. The van der Waals surface area contributed by atoms with Gasteiger partial charge >= 0.3 is 0 Å². The maximum Gasteiger partial charge on any atom is 0.240 e. The van der Waals surface area contributed by atoms with Crippen molar-refractivity contribution in [2.24, 2.45) is 0 Å². The van der Waals surface area contributed by atoms with Crippen LogP contribution in [0.3, 0.4) is 0 Å². The summed E-state index contributed by atoms with van der Waals surface area (Å²) in [6.45, 7) is 2.02. The van der Waals surface area contributed by atoms with Gasteiger partial charge in [0.25, 0.3) is 0 Å². The molecule has 0 radical (unpaired) electrons. The molecular formula is C17H19ClN2O3S. The van der Waals surface area contributed by atoms with Crippen molar-refractivity contribution in [2.75, 3.05) is 11.9 Å². The lowest BCUT2D eigenvalue weighted by atomic mass is 10.1. The van der Waals surface area contributed by atoms with Gasteiger partial charge in [0, 0.05) is 23.7 Å². The number of amides is 1. The lowest BCUT2D eigenvalue weighted by molar-refractivity contribution is -0.116. The van der Waals surface area contributed by atoms with Crippen LogP contribution in [0.4, 0.5) is 5.69 Å². The van der Waals surface area contributed by atoms with Crippen molar-refractivity contribution >= 4 is 33.2 Å². The largest absolute Gasteiger partial charge is 0.326 e. The monoisotopic (exact) mass is 366 g/mol. The lowest BCUT2D eigenvalue weighted by Crippen LogP contribution is -2.28. The summed E-state index contributed by atoms with van der Waals surface area (Å²) in [5, 5.41) is 3.26. The van der Waals surface area contributed by atoms with E-state index in [1.807, 2.05) is 31.2 Å². The molecule has 0 fully saturated rings. The first-order chi connectivity index (χ1) is 11.4. The molecule has 0 saturated heterocycles. The Labute approximate surface area is 147 Å². The Morgan fingerprint density at radius 3 is 2.42 bits per heavy atom. The second-order valence-electron chi connectivity index (χ2n) is 5.16. The normalized spacial score (nSPS) is 11.2. The van der Waals surface area contributed by atoms with E-state index in [0.717, 1.165) is 17.7 Å². The SMILES string of the molecule is CCc1ccccc1NC(=O)CCNS(=O)(=O)c1ccc(Cl)cc1. The van der Waals surface area contributed by atoms with E-state index in [2.05, 4.69) is 10.0 Å². The number of sulfonamides is 1. The molecule has 24 heavy (non-hydrogen) atoms. The summed E-state index contributed by atoms with van der Waals surface area (Å²) in [5.41, 5.74) is 1.79. The molecule has 7 heteroatoms. The Morgan fingerprint density at radius 2 is 1.75 bits per heavy atom. The predicted octanol–water partition coefficient (Wildman–Crippen LogP) is 3.21. The first kappa shape index (κ1) is 18.4. The van der Waals surface area contributed by atoms with Crippen LogP contribution in [0.15, 0.2) is 53.4 Å². The van der Waals surface area contributed by atoms with Gasteiger partial charge in [-0.2, -0.15) is 0 Å². The first-order valence-electron chi connectivity index (χ1n) is 7.55. The molecule has 2 N–H and O–H groups in total. The van der Waals surface area contributed by atoms with E-state index in [1.165, 1.54) is 24.3 Å². The summed E-state index contributed by atoms with van der Waals surface area (Å²) >= 11 is 5.74. The van der Waals surface area contributed by atoms with Crippen LogP contribution in [0.25, 0.3) is 0 Å². The Balaban J connectivity index is 1.89. The summed E-state index contributed by atoms with van der Waals surface area (Å²) in [7, 11) is -3.65. The molecule has 0 aliphatic heterocycles. The number of hydrogen-bond donors (Lipinski definition) is 2. The molecule has 128 valence electrons. The molecule has 2 aromatic carbocycles. The summed E-state index contributed by atoms with van der Waals surface area (Å²) in [6.07, 6.45) is 0.852. The van der Waals surface area contributed by atoms with Crippen LogP contribution in [0, 0.1) is 0 Å². The van der Waals surface area contributed by atoms with Crippen LogP contribution in [-0.2, 0) is 21.2 Å². The number of halogens is 1. The number of hydrogen-bond acceptors (Lipinski definition) is 3. The first-order valence-corrected chi connectivity index (χ1v) is 9.41. The van der Waals surface area contributed by atoms with E-state index in [9.17, 15) is 13.2 Å². The second kappa shape index (κ2) is 8.28. The Morgan fingerprint density at radius 1 is 1.08 bits per heavy atom. The zero-order valence-electron chi connectivity index (χ0n) is 13.3. The molecular weight excluding hydrogens is 348 g/mol. The molecule has 0 saturated carbocycles. The minimum Gasteiger partial charge on any atom is -0.326 e. The van der Waals surface area contributed by atoms with Gasteiger partial charge in [-0.15, -0.1) is 0 Å². The third kappa shape index (κ3) is 5.06. The number of nitrogens with one attached hydrogen (secondary N) is 2. The number of aryl methyl sites for hydroxylation is 1. The van der Waals surface area contributed by atoms with E-state index >= 15 is 0 Å². The van der Waals surface area contributed by atoms with Crippen LogP contribution in [0.1, 0.15) is 18.9 Å². The zero-order chi connectivity index (χ0) is 17.6. The van der Waals surface area contributed by atoms with Crippen LogP contribution >= 0.6 is 11.6 Å². The van der Waals surface area contributed by atoms with Gasteiger partial charge in [0.05, 0.1) is 4.90 Å². The Kier molecular flexibility index (Phi) is 6.36. The maximum absolute atomic E-state index is 12.1. The topological polar surface area (TPSA) is 75.3 Å². The third-order valence-corrected chi connectivity index (χ3v) is 5.17. The maximum atomic E-state index is 12.1. The molecule has 0 bridgehead atoms. The highest BCUT2D eigenvalue weighted by atomic mass is 35.5. The minimum atomic E-state index is -3.65. The van der Waals surface area contributed by atoms with Crippen molar-refractivity contribution in [1.29, 1.82) is 0 Å². The number of para-hydroxylation sites is 1. The summed E-state index contributed by atoms with van der Waals surface area (Å²) < 4.78 is 26.6. The smallest absolute Gasteiger partial charge is 0.240 e. The van der Waals surface area contributed by atoms with Crippen molar-refractivity contribution in [1.82, 2.24) is 4.72 Å². The lowest BCUT2D eigenvalue weighted by Gasteiger charge is -2.10. The van der Waals surface area contributed by atoms with Crippen LogP contribution in [-0.4, -0.2) is 20.9 Å². The van der Waals surface area contributed by atoms with E-state index < -0.39 is 10.0 Å². The van der Waals surface area contributed by atoms with Gasteiger partial charge in [-0.1, -0.05) is 36.7 Å². The molecule has 5 nitrogen and oxygen atoms in total. The predicted molar refractivity (Wildman–Crippen MR) is 95.7 cm³/mol. The van der Waals surface area contributed by atoms with E-state index in [-0.39, 0.29) is 23.8 Å². The molecule has 0 unspecified atom stereocenters. The van der Waals surface area contributed by atoms with Gasteiger partial charge in [0.1, 0.15) is 0 Å². The highest BCUT2D eigenvalue weighted by molar-refractivity contribution is 7.89. The number of benzene rings is 2. The Bertz CT molecular complexity index is 805. The third-order valence-electron chi connectivity index (χ3n) is 3.44. The number of rotatable bonds is 7. The van der Waals surface area contributed by atoms with Gasteiger partial charge in [0.15, 0.2) is 0 Å². The summed E-state index contributed by atoms with van der Waals surface area (Å²) in [5.74, 6) is -0.241. The van der Waals surface area contributed by atoms with Crippen LogP contribution < -0.4 is 10.0 Å². The van der Waals surface area contributed by atoms with Crippen molar-refractivity contribution in [3.63, 3.8) is 0 Å². The van der Waals surface area contributed by atoms with Gasteiger partial charge in [-0.3, -0.25) is 4.79 Å². The molecule has 0 aromatic heterocycles. The van der Waals surface area contributed by atoms with Gasteiger partial charge in [-0.25, -0.2) is 13.1 Å². The molecule has 1 amide bonds. The number of carbonyl (C=O) groups excluding carboxylic acids is 1. The van der Waals surface area contributed by atoms with Gasteiger partial charge < -0.3 is 5.32 Å². The fraction of sp³-hybridized carbons (Fsp3) is 0.235. The highest BCUT2D eigenvalue weighted by Gasteiger charge is 2.14. The second-order valence-corrected chi connectivity index (χ2v) is 7.36. The average molecular weight is 367 g/mol. The van der Waals surface area contributed by atoms with Crippen molar-refractivity contribution in [3.8, 4) is 0 Å². The standard InChI is InChI=1S/C17H19ClN2O3S/c1-2-13-5-3-4-6-16(13)20-17(21)11-12-19-24(22,23)15-9-7-14(18)8-10-15/h3-10,19H,2,11-12H2,1H3,(H,20,21). The minimum absolute atomic E-state index is 0.0189. The van der Waals surface area contributed by atoms with Crippen LogP contribution in [0.2, 0.25) is 5.02 Å². The van der Waals surface area contributed by atoms with E-state index in [0.29, 0.717) is 5.02 Å². The van der Waals surface area contributed by atoms with E-state index in [1.54, 1.807) is 0 Å². The molecule has 0 aliphatic rings. The summed E-state index contributed by atoms with van der Waals surface area (Å²) in [4.78, 5) is 12.1. The summed E-state index contributed by atoms with van der Waals surface area (Å²) in [6, 6.07) is 13.4. The highest BCUT2D eigenvalue weighted by Crippen LogP contribution is 2.16. The Hall–Kier alpha value is -1.89. The molecule has 2 rings (SSSR count). The average Bonchev–Trinajstić information content (AvgIpc) is 2.55. The van der Waals surface area contributed by atoms with Gasteiger partial charge in [0.2, 0.25) is 15.9 Å². The number of anilines is 1. The van der Waals surface area contributed by atoms with Crippen molar-refractivity contribution in [3.05, 3.63) is 59.1 Å². The zero-order valence-corrected chi connectivity index (χ0v) is 14.8. The van der Waals surface area contributed by atoms with Gasteiger partial charge in [-0.05, 0) is 42.3 Å². The van der Waals surface area contributed by atoms with E-state index in [4.69, 9.17) is 11.6 Å². The molecule has 0 aliphatic carbocycles. The molecule has 0 atom stereocenters. The quantitative estimate of drug-likeness (QED) is 0.790. The number of carbonyl (C=O) groups is 1. The van der Waals surface area contributed by atoms with Crippen molar-refractivity contribution in [2.45, 2.75) is 24.7 Å².